The van der Waals surface area contributed by atoms with E-state index in [1.165, 1.54) is 21.4 Å². The van der Waals surface area contributed by atoms with Crippen molar-refractivity contribution in [2.24, 2.45) is 0 Å². The Bertz CT molecular complexity index is 1490. The van der Waals surface area contributed by atoms with Gasteiger partial charge in [0.1, 0.15) is 0 Å². The summed E-state index contributed by atoms with van der Waals surface area (Å²) in [5, 5.41) is 11.5. The number of benzene rings is 3. The zero-order valence-electron chi connectivity index (χ0n) is 17.2. The molecular formula is C24H19N5O2S. The number of carbonyl (C=O) groups is 1. The number of rotatable bonds is 5. The molecule has 0 radical (unpaired) electrons. The van der Waals surface area contributed by atoms with Crippen molar-refractivity contribution in [2.45, 2.75) is 13.5 Å². The number of para-hydroxylation sites is 1. The van der Waals surface area contributed by atoms with Gasteiger partial charge in [0.25, 0.3) is 11.5 Å². The Kier molecular flexibility index (Phi) is 5.12. The molecule has 0 unspecified atom stereocenters. The van der Waals surface area contributed by atoms with Crippen LogP contribution in [0, 0.1) is 6.92 Å². The summed E-state index contributed by atoms with van der Waals surface area (Å²) in [5.74, 6) is -0.139. The van der Waals surface area contributed by atoms with E-state index in [2.05, 4.69) is 20.7 Å². The van der Waals surface area contributed by atoms with Crippen LogP contribution in [0.5, 0.6) is 0 Å². The van der Waals surface area contributed by atoms with Gasteiger partial charge in [-0.15, -0.1) is 5.10 Å². The maximum Gasteiger partial charge on any atom is 0.283 e. The maximum absolute atomic E-state index is 12.6. The van der Waals surface area contributed by atoms with Crippen molar-refractivity contribution >= 4 is 43.9 Å². The summed E-state index contributed by atoms with van der Waals surface area (Å²) < 4.78 is 1.31. The lowest BCUT2D eigenvalue weighted by Gasteiger charge is -2.07. The first-order valence-corrected chi connectivity index (χ1v) is 10.9. The van der Waals surface area contributed by atoms with E-state index in [0.717, 1.165) is 11.3 Å². The maximum atomic E-state index is 12.6. The van der Waals surface area contributed by atoms with Crippen molar-refractivity contribution in [1.29, 1.82) is 0 Å². The molecule has 5 aromatic rings. The Balaban J connectivity index is 1.30. The molecule has 5 rings (SSSR count). The van der Waals surface area contributed by atoms with Gasteiger partial charge in [0.15, 0.2) is 0 Å². The summed E-state index contributed by atoms with van der Waals surface area (Å²) >= 11 is 1.29. The molecule has 0 aliphatic heterocycles. The third-order valence-electron chi connectivity index (χ3n) is 5.07. The van der Waals surface area contributed by atoms with E-state index in [1.807, 2.05) is 49.4 Å². The van der Waals surface area contributed by atoms with Crippen LogP contribution < -0.4 is 16.2 Å². The highest BCUT2D eigenvalue weighted by atomic mass is 32.1. The topological polar surface area (TPSA) is 88.4 Å². The van der Waals surface area contributed by atoms with Gasteiger partial charge in [0, 0.05) is 17.8 Å². The number of aryl methyl sites for hydroxylation is 1. The van der Waals surface area contributed by atoms with Crippen LogP contribution >= 0.6 is 11.3 Å². The van der Waals surface area contributed by atoms with Gasteiger partial charge >= 0.3 is 0 Å². The fraction of sp³-hybridized carbons (Fsp3) is 0.0833. The van der Waals surface area contributed by atoms with Crippen molar-refractivity contribution in [2.75, 3.05) is 5.32 Å². The van der Waals surface area contributed by atoms with Crippen LogP contribution in [0.3, 0.4) is 0 Å². The first-order valence-electron chi connectivity index (χ1n) is 10.1. The van der Waals surface area contributed by atoms with Crippen LogP contribution in [-0.4, -0.2) is 20.5 Å². The fourth-order valence-corrected chi connectivity index (χ4v) is 4.14. The van der Waals surface area contributed by atoms with Crippen molar-refractivity contribution in [1.82, 2.24) is 19.9 Å². The minimum absolute atomic E-state index is 0.139. The minimum Gasteiger partial charge on any atom is -0.348 e. The van der Waals surface area contributed by atoms with Gasteiger partial charge in [-0.3, -0.25) is 9.59 Å². The number of anilines is 2. The lowest BCUT2D eigenvalue weighted by molar-refractivity contribution is 0.0951. The number of hydrogen-bond donors (Lipinski definition) is 2. The standard InChI is InChI=1S/C24H19N5O2S/c1-15-6-8-16(9-7-15)14-25-21(30)17-10-12-18(13-11-17)26-23-28-29-22(31)19-4-2-3-5-20(19)27-24(29)32-23/h2-13H,14H2,1H3,(H,25,30)(H,26,28). The Labute approximate surface area is 187 Å². The van der Waals surface area contributed by atoms with E-state index in [1.54, 1.807) is 30.3 Å². The Hall–Kier alpha value is -4.04. The van der Waals surface area contributed by atoms with Gasteiger partial charge in [-0.05, 0) is 48.9 Å². The molecule has 8 heteroatoms. The van der Waals surface area contributed by atoms with Crippen LogP contribution in [0.4, 0.5) is 10.8 Å². The summed E-state index contributed by atoms with van der Waals surface area (Å²) in [6.07, 6.45) is 0. The van der Waals surface area contributed by atoms with Crippen molar-refractivity contribution < 1.29 is 4.79 Å². The lowest BCUT2D eigenvalue weighted by Crippen LogP contribution is -2.22. The molecule has 0 atom stereocenters. The van der Waals surface area contributed by atoms with Crippen molar-refractivity contribution in [3.63, 3.8) is 0 Å². The largest absolute Gasteiger partial charge is 0.348 e. The summed E-state index contributed by atoms with van der Waals surface area (Å²) in [7, 11) is 0. The number of hydrogen-bond acceptors (Lipinski definition) is 6. The lowest BCUT2D eigenvalue weighted by atomic mass is 10.1. The highest BCUT2D eigenvalue weighted by Gasteiger charge is 2.11. The third-order valence-corrected chi connectivity index (χ3v) is 5.90. The van der Waals surface area contributed by atoms with Gasteiger partial charge in [-0.2, -0.15) is 4.52 Å². The molecular weight excluding hydrogens is 422 g/mol. The molecule has 2 N–H and O–H groups in total. The van der Waals surface area contributed by atoms with Gasteiger partial charge in [-0.1, -0.05) is 53.3 Å². The predicted octanol–water partition coefficient (Wildman–Crippen LogP) is 4.29. The molecule has 1 amide bonds. The Morgan fingerprint density at radius 1 is 1.00 bits per heavy atom. The first-order chi connectivity index (χ1) is 15.6. The zero-order chi connectivity index (χ0) is 22.1. The smallest absolute Gasteiger partial charge is 0.283 e. The second-order valence-corrected chi connectivity index (χ2v) is 8.36. The van der Waals surface area contributed by atoms with E-state index in [4.69, 9.17) is 0 Å². The van der Waals surface area contributed by atoms with E-state index >= 15 is 0 Å². The van der Waals surface area contributed by atoms with E-state index in [9.17, 15) is 9.59 Å². The van der Waals surface area contributed by atoms with Crippen LogP contribution in [0.1, 0.15) is 21.5 Å². The Morgan fingerprint density at radius 3 is 2.53 bits per heavy atom. The normalized spacial score (nSPS) is 11.0. The SMILES string of the molecule is Cc1ccc(CNC(=O)c2ccc(Nc3nn4c(=O)c5ccccc5nc4s3)cc2)cc1. The molecule has 0 spiro atoms. The molecule has 32 heavy (non-hydrogen) atoms. The van der Waals surface area contributed by atoms with Gasteiger partial charge in [-0.25, -0.2) is 4.98 Å². The van der Waals surface area contributed by atoms with E-state index in [0.29, 0.717) is 33.1 Å². The monoisotopic (exact) mass is 441 g/mol. The van der Waals surface area contributed by atoms with Gasteiger partial charge < -0.3 is 10.6 Å². The predicted molar refractivity (Wildman–Crippen MR) is 127 cm³/mol. The molecule has 7 nitrogen and oxygen atoms in total. The number of carbonyl (C=O) groups excluding carboxylic acids is 1. The van der Waals surface area contributed by atoms with Crippen molar-refractivity contribution in [3.8, 4) is 0 Å². The molecule has 0 bridgehead atoms. The highest BCUT2D eigenvalue weighted by molar-refractivity contribution is 7.20. The molecule has 0 saturated carbocycles. The zero-order valence-corrected chi connectivity index (χ0v) is 18.0. The van der Waals surface area contributed by atoms with Crippen LogP contribution in [0.2, 0.25) is 0 Å². The van der Waals surface area contributed by atoms with Gasteiger partial charge in [0.2, 0.25) is 10.1 Å². The summed E-state index contributed by atoms with van der Waals surface area (Å²) in [6.45, 7) is 2.50. The van der Waals surface area contributed by atoms with Gasteiger partial charge in [0.05, 0.1) is 10.9 Å². The average molecular weight is 442 g/mol. The Morgan fingerprint density at radius 2 is 1.75 bits per heavy atom. The number of aromatic nitrogens is 3. The molecule has 2 aromatic heterocycles. The summed E-state index contributed by atoms with van der Waals surface area (Å²) in [6, 6.07) is 22.4. The first kappa shape index (κ1) is 19.9. The molecule has 0 saturated heterocycles. The van der Waals surface area contributed by atoms with E-state index < -0.39 is 0 Å². The van der Waals surface area contributed by atoms with E-state index in [-0.39, 0.29) is 11.5 Å². The molecule has 0 aliphatic carbocycles. The fourth-order valence-electron chi connectivity index (χ4n) is 3.32. The average Bonchev–Trinajstić information content (AvgIpc) is 3.22. The number of nitrogens with zero attached hydrogens (tertiary/aromatic N) is 3. The second kappa shape index (κ2) is 8.24. The summed E-state index contributed by atoms with van der Waals surface area (Å²) in [4.78, 5) is 30.1. The van der Waals surface area contributed by atoms with Crippen molar-refractivity contribution in [3.05, 3.63) is 99.8 Å². The molecule has 0 aliphatic rings. The summed E-state index contributed by atoms with van der Waals surface area (Å²) in [5.41, 5.74) is 4.01. The van der Waals surface area contributed by atoms with Crippen LogP contribution in [0.15, 0.2) is 77.6 Å². The molecule has 0 fully saturated rings. The molecule has 158 valence electrons. The molecule has 2 heterocycles. The third kappa shape index (κ3) is 3.95. The van der Waals surface area contributed by atoms with Crippen LogP contribution in [-0.2, 0) is 6.54 Å². The number of fused-ring (bicyclic) bond motifs is 2. The number of amides is 1. The second-order valence-electron chi connectivity index (χ2n) is 7.41. The highest BCUT2D eigenvalue weighted by Crippen LogP contribution is 2.23. The van der Waals surface area contributed by atoms with Crippen LogP contribution in [0.25, 0.3) is 15.9 Å². The number of nitrogens with one attached hydrogen (secondary N) is 2. The minimum atomic E-state index is -0.199. The quantitative estimate of drug-likeness (QED) is 0.425. The molecule has 3 aromatic carbocycles.